The number of hydrogen-bond acceptors (Lipinski definition) is 5. The maximum atomic E-state index is 10.3. The Morgan fingerprint density at radius 1 is 0.818 bits per heavy atom. The zero-order valence-electron chi connectivity index (χ0n) is 13.6. The van der Waals surface area contributed by atoms with Gasteiger partial charge in [-0.15, -0.1) is 0 Å². The summed E-state index contributed by atoms with van der Waals surface area (Å²) >= 11 is 0. The predicted molar refractivity (Wildman–Crippen MR) is 84.9 cm³/mol. The molecule has 0 heterocycles. The van der Waals surface area contributed by atoms with Crippen molar-refractivity contribution in [1.29, 1.82) is 0 Å². The van der Waals surface area contributed by atoms with Crippen LogP contribution >= 0.6 is 0 Å². The topological polar surface area (TPSA) is 118 Å². The molecule has 0 bridgehead atoms. The largest absolute Gasteiger partial charge is 2.00 e. The first-order chi connectivity index (χ1) is 9.77. The summed E-state index contributed by atoms with van der Waals surface area (Å²) in [6, 6.07) is 0. The molecule has 0 spiro atoms. The quantitative estimate of drug-likeness (QED) is 0.250. The van der Waals surface area contributed by atoms with Gasteiger partial charge in [-0.25, -0.2) is 0 Å². The number of carboxylic acid groups (broad SMARTS) is 1. The molecule has 6 nitrogen and oxygen atoms in total. The fourth-order valence-corrected chi connectivity index (χ4v) is 1.94. The Hall–Kier alpha value is 0.106. The van der Waals surface area contributed by atoms with Gasteiger partial charge >= 0.3 is 29.0 Å². The van der Waals surface area contributed by atoms with E-state index in [1.54, 1.807) is 0 Å². The average molecular weight is 349 g/mol. The minimum atomic E-state index is -5.17. The van der Waals surface area contributed by atoms with E-state index in [1.165, 1.54) is 57.8 Å². The summed E-state index contributed by atoms with van der Waals surface area (Å²) in [5, 5.41) is 8.46. The molecule has 0 aromatic rings. The summed E-state index contributed by atoms with van der Waals surface area (Å²) in [7, 11) is -5.17. The van der Waals surface area contributed by atoms with Crippen molar-refractivity contribution in [1.82, 2.24) is 0 Å². The van der Waals surface area contributed by atoms with Crippen molar-refractivity contribution in [2.75, 3.05) is 0 Å². The predicted octanol–water partition coefficient (Wildman–Crippen LogP) is 3.05. The fourth-order valence-electron chi connectivity index (χ4n) is 1.94. The molecule has 0 atom stereocenters. The molecule has 0 amide bonds. The molecule has 0 unspecified atom stereocenters. The van der Waals surface area contributed by atoms with E-state index in [-0.39, 0.29) is 23.1 Å². The first-order valence-electron chi connectivity index (χ1n) is 7.66. The molecule has 0 fully saturated rings. The fraction of sp³-hybridized carbons (Fsp3) is 0.929. The summed E-state index contributed by atoms with van der Waals surface area (Å²) in [5.41, 5.74) is 0. The Morgan fingerprint density at radius 3 is 1.36 bits per heavy atom. The first-order valence-corrected chi connectivity index (χ1v) is 8.99. The number of unbranched alkanes of at least 4 members (excludes halogenated alkanes) is 10. The molecule has 0 aromatic heterocycles. The van der Waals surface area contributed by atoms with Crippen LogP contribution in [-0.4, -0.2) is 51.7 Å². The molecule has 128 valence electrons. The van der Waals surface area contributed by atoms with Gasteiger partial charge in [-0.2, -0.15) is 0 Å². The molecule has 0 aliphatic carbocycles. The van der Waals surface area contributed by atoms with Gasteiger partial charge in [0.15, 0.2) is 0 Å². The van der Waals surface area contributed by atoms with Crippen LogP contribution in [0.25, 0.3) is 0 Å². The third-order valence-electron chi connectivity index (χ3n) is 2.99. The molecule has 0 rings (SSSR count). The number of carbonyl (C=O) groups is 1. The molecule has 22 heavy (non-hydrogen) atoms. The molecule has 0 saturated heterocycles. The Bertz CT molecular complexity index is 324. The Morgan fingerprint density at radius 2 is 1.09 bits per heavy atom. The SMILES string of the molecule is CCCCCCCCCCCCCC(=O)O.O=S(=O)([O-])[O-].[Mg+2]. The molecule has 8 heteroatoms. The van der Waals surface area contributed by atoms with Crippen LogP contribution in [0.5, 0.6) is 0 Å². The van der Waals surface area contributed by atoms with Gasteiger partial charge in [-0.3, -0.25) is 13.2 Å². The summed E-state index contributed by atoms with van der Waals surface area (Å²) in [5.74, 6) is -0.657. The first kappa shape index (κ1) is 27.0. The molecule has 0 aliphatic heterocycles. The van der Waals surface area contributed by atoms with Crippen molar-refractivity contribution in [3.05, 3.63) is 0 Å². The standard InChI is InChI=1S/C14H28O2.Mg.H2O4S/c1-2-3-4-5-6-7-8-9-10-11-12-13-14(15)16;;1-5(2,3)4/h2-13H2,1H3,(H,15,16);;(H2,1,2,3,4)/q;+2;/p-2. The maximum absolute atomic E-state index is 10.3. The third-order valence-corrected chi connectivity index (χ3v) is 2.99. The van der Waals surface area contributed by atoms with E-state index in [2.05, 4.69) is 6.92 Å². The minimum Gasteiger partial charge on any atom is -0.759 e. The molecular weight excluding hydrogens is 321 g/mol. The molecular formula is C14H28MgO6S. The summed E-state index contributed by atoms with van der Waals surface area (Å²) in [4.78, 5) is 10.3. The van der Waals surface area contributed by atoms with Gasteiger partial charge < -0.3 is 14.2 Å². The van der Waals surface area contributed by atoms with Gasteiger partial charge in [0.2, 0.25) is 0 Å². The van der Waals surface area contributed by atoms with E-state index >= 15 is 0 Å². The Kier molecular flexibility index (Phi) is 23.5. The van der Waals surface area contributed by atoms with Crippen molar-refractivity contribution < 1.29 is 27.4 Å². The van der Waals surface area contributed by atoms with Gasteiger partial charge in [0, 0.05) is 16.8 Å². The second-order valence-electron chi connectivity index (χ2n) is 5.09. The van der Waals surface area contributed by atoms with Crippen LogP contribution in [0.1, 0.15) is 84.0 Å². The minimum absolute atomic E-state index is 0. The van der Waals surface area contributed by atoms with Gasteiger partial charge in [0.05, 0.1) is 0 Å². The van der Waals surface area contributed by atoms with Crippen molar-refractivity contribution in [3.8, 4) is 0 Å². The van der Waals surface area contributed by atoms with E-state index in [0.717, 1.165) is 12.8 Å². The zero-order valence-corrected chi connectivity index (χ0v) is 15.8. The van der Waals surface area contributed by atoms with E-state index in [1.807, 2.05) is 0 Å². The maximum Gasteiger partial charge on any atom is 2.00 e. The average Bonchev–Trinajstić information content (AvgIpc) is 2.33. The smallest absolute Gasteiger partial charge is 0.759 e. The van der Waals surface area contributed by atoms with E-state index < -0.39 is 16.4 Å². The second-order valence-corrected chi connectivity index (χ2v) is 5.90. The molecule has 0 aromatic carbocycles. The summed E-state index contributed by atoms with van der Waals surface area (Å²) < 4.78 is 34.1. The van der Waals surface area contributed by atoms with Crippen molar-refractivity contribution in [2.24, 2.45) is 0 Å². The zero-order chi connectivity index (χ0) is 16.6. The third kappa shape index (κ3) is 42.7. The monoisotopic (exact) mass is 348 g/mol. The van der Waals surface area contributed by atoms with Gasteiger partial charge in [0.25, 0.3) is 0 Å². The number of hydrogen-bond donors (Lipinski definition) is 1. The van der Waals surface area contributed by atoms with Crippen LogP contribution in [0.3, 0.4) is 0 Å². The number of aliphatic carboxylic acids is 1. The number of rotatable bonds is 12. The Balaban J connectivity index is -0.000000520. The van der Waals surface area contributed by atoms with Gasteiger partial charge in [-0.1, -0.05) is 71.1 Å². The van der Waals surface area contributed by atoms with Crippen LogP contribution < -0.4 is 0 Å². The van der Waals surface area contributed by atoms with Crippen LogP contribution in [0, 0.1) is 0 Å². The van der Waals surface area contributed by atoms with Crippen LogP contribution in [0.4, 0.5) is 0 Å². The van der Waals surface area contributed by atoms with Gasteiger partial charge in [-0.05, 0) is 6.42 Å². The van der Waals surface area contributed by atoms with E-state index in [0.29, 0.717) is 6.42 Å². The number of carboxylic acids is 1. The summed E-state index contributed by atoms with van der Waals surface area (Å²) in [6.07, 6.45) is 14.4. The molecule has 0 radical (unpaired) electrons. The van der Waals surface area contributed by atoms with Crippen molar-refractivity contribution in [2.45, 2.75) is 84.0 Å². The molecule has 1 N–H and O–H groups in total. The van der Waals surface area contributed by atoms with E-state index in [4.69, 9.17) is 22.6 Å². The van der Waals surface area contributed by atoms with Crippen molar-refractivity contribution in [3.63, 3.8) is 0 Å². The molecule has 0 saturated carbocycles. The Labute approximate surface area is 150 Å². The van der Waals surface area contributed by atoms with Gasteiger partial charge in [0.1, 0.15) is 0 Å². The molecule has 0 aliphatic rings. The van der Waals surface area contributed by atoms with Crippen molar-refractivity contribution >= 4 is 39.4 Å². The van der Waals surface area contributed by atoms with Crippen LogP contribution in [-0.2, 0) is 15.2 Å². The normalized spacial score (nSPS) is 10.3. The van der Waals surface area contributed by atoms with Crippen LogP contribution in [0.2, 0.25) is 0 Å². The summed E-state index contributed by atoms with van der Waals surface area (Å²) in [6.45, 7) is 2.25. The second kappa shape index (κ2) is 19.2. The van der Waals surface area contributed by atoms with E-state index in [9.17, 15) is 4.79 Å². The van der Waals surface area contributed by atoms with Crippen LogP contribution in [0.15, 0.2) is 0 Å².